The fourth-order valence-electron chi connectivity index (χ4n) is 2.51. The number of aryl methyl sites for hydroxylation is 2. The smallest absolute Gasteiger partial charge is 0.240 e. The molecule has 0 aromatic carbocycles. The van der Waals surface area contributed by atoms with Crippen LogP contribution in [0.25, 0.3) is 0 Å². The average molecular weight is 316 g/mol. The summed E-state index contributed by atoms with van der Waals surface area (Å²) in [7, 11) is -1.67. The van der Waals surface area contributed by atoms with Gasteiger partial charge >= 0.3 is 0 Å². The highest BCUT2D eigenvalue weighted by Gasteiger charge is 2.34. The van der Waals surface area contributed by atoms with Crippen molar-refractivity contribution in [2.24, 2.45) is 0 Å². The van der Waals surface area contributed by atoms with Crippen LogP contribution in [0.3, 0.4) is 0 Å². The van der Waals surface area contributed by atoms with E-state index < -0.39 is 15.1 Å². The number of aromatic nitrogens is 1. The van der Waals surface area contributed by atoms with Gasteiger partial charge in [-0.25, -0.2) is 13.4 Å². The number of carbonyl (C=O) groups excluding carboxylic acids is 1. The summed E-state index contributed by atoms with van der Waals surface area (Å²) in [5.74, 6) is -0.337. The van der Waals surface area contributed by atoms with Crippen LogP contribution in [-0.2, 0) is 21.1 Å². The van der Waals surface area contributed by atoms with Gasteiger partial charge in [0.15, 0.2) is 9.84 Å². The van der Waals surface area contributed by atoms with E-state index in [9.17, 15) is 13.2 Å². The number of rotatable bonds is 3. The highest BCUT2D eigenvalue weighted by atomic mass is 32.2. The van der Waals surface area contributed by atoms with E-state index in [1.54, 1.807) is 23.3 Å². The van der Waals surface area contributed by atoms with Crippen LogP contribution in [0.5, 0.6) is 0 Å². The molecule has 0 N–H and O–H groups in total. The van der Waals surface area contributed by atoms with Crippen molar-refractivity contribution in [2.45, 2.75) is 44.4 Å². The quantitative estimate of drug-likeness (QED) is 0.851. The molecular weight excluding hydrogens is 296 g/mol. The molecule has 0 fully saturated rings. The third-order valence-electron chi connectivity index (χ3n) is 3.83. The van der Waals surface area contributed by atoms with E-state index in [1.165, 1.54) is 6.92 Å². The lowest BCUT2D eigenvalue weighted by Crippen LogP contribution is -2.41. The summed E-state index contributed by atoms with van der Waals surface area (Å²) in [6.45, 7) is 3.41. The van der Waals surface area contributed by atoms with Gasteiger partial charge in [0.1, 0.15) is 5.25 Å². The van der Waals surface area contributed by atoms with E-state index in [2.05, 4.69) is 4.98 Å². The molecule has 0 saturated carbocycles. The van der Waals surface area contributed by atoms with Crippen LogP contribution >= 0.6 is 11.3 Å². The standard InChI is InChI=1S/C13H20N2O3S2/c1-8(20(4,17)18)13(16)15(3)11-7-5-6-10-12(11)19-9(2)14-10/h8,11H,5-7H2,1-4H3/t8-,11+/m0/s1. The van der Waals surface area contributed by atoms with Crippen molar-refractivity contribution in [1.82, 2.24) is 9.88 Å². The molecule has 1 amide bonds. The molecule has 1 aromatic heterocycles. The van der Waals surface area contributed by atoms with E-state index in [1.807, 2.05) is 6.92 Å². The first kappa shape index (κ1) is 15.4. The van der Waals surface area contributed by atoms with Crippen LogP contribution in [0.15, 0.2) is 0 Å². The molecule has 5 nitrogen and oxygen atoms in total. The molecule has 0 spiro atoms. The van der Waals surface area contributed by atoms with Crippen LogP contribution < -0.4 is 0 Å². The molecule has 1 aliphatic carbocycles. The first-order valence-corrected chi connectivity index (χ1v) is 9.40. The minimum absolute atomic E-state index is 0.0401. The topological polar surface area (TPSA) is 67.3 Å². The number of thiazole rings is 1. The molecule has 2 atom stereocenters. The zero-order chi connectivity index (χ0) is 15.1. The van der Waals surface area contributed by atoms with Crippen LogP contribution in [-0.4, -0.2) is 42.8 Å². The van der Waals surface area contributed by atoms with Crippen LogP contribution in [0.1, 0.15) is 41.4 Å². The fourth-order valence-corrected chi connectivity index (χ4v) is 4.20. The number of amides is 1. The van der Waals surface area contributed by atoms with Crippen molar-refractivity contribution in [3.63, 3.8) is 0 Å². The maximum Gasteiger partial charge on any atom is 0.240 e. The summed E-state index contributed by atoms with van der Waals surface area (Å²) in [6.07, 6.45) is 3.89. The minimum Gasteiger partial charge on any atom is -0.337 e. The van der Waals surface area contributed by atoms with Gasteiger partial charge in [-0.15, -0.1) is 11.3 Å². The zero-order valence-electron chi connectivity index (χ0n) is 12.2. The van der Waals surface area contributed by atoms with E-state index in [0.29, 0.717) is 0 Å². The van der Waals surface area contributed by atoms with Gasteiger partial charge in [-0.1, -0.05) is 0 Å². The van der Waals surface area contributed by atoms with Gasteiger partial charge in [0.05, 0.1) is 21.6 Å². The molecule has 1 heterocycles. The van der Waals surface area contributed by atoms with Crippen molar-refractivity contribution in [2.75, 3.05) is 13.3 Å². The number of sulfone groups is 1. The molecule has 1 aliphatic rings. The maximum atomic E-state index is 12.3. The third-order valence-corrected chi connectivity index (χ3v) is 6.43. The molecule has 0 saturated heterocycles. The summed E-state index contributed by atoms with van der Waals surface area (Å²) in [5.41, 5.74) is 1.07. The van der Waals surface area contributed by atoms with Crippen molar-refractivity contribution in [3.05, 3.63) is 15.6 Å². The Bertz CT molecular complexity index is 622. The Morgan fingerprint density at radius 2 is 2.15 bits per heavy atom. The molecule has 2 rings (SSSR count). The summed E-state index contributed by atoms with van der Waals surface area (Å²) >= 11 is 1.61. The van der Waals surface area contributed by atoms with Crippen LogP contribution in [0, 0.1) is 6.92 Å². The van der Waals surface area contributed by atoms with Crippen LogP contribution in [0.4, 0.5) is 0 Å². The third kappa shape index (κ3) is 2.88. The monoisotopic (exact) mass is 316 g/mol. The second kappa shape index (κ2) is 5.44. The first-order chi connectivity index (χ1) is 9.21. The molecule has 7 heteroatoms. The first-order valence-electron chi connectivity index (χ1n) is 6.63. The van der Waals surface area contributed by atoms with E-state index >= 15 is 0 Å². The minimum atomic E-state index is -3.36. The zero-order valence-corrected chi connectivity index (χ0v) is 13.8. The Kier molecular flexibility index (Phi) is 4.20. The maximum absolute atomic E-state index is 12.3. The molecule has 1 aromatic rings. The second-order valence-corrected chi connectivity index (χ2v) is 8.97. The van der Waals surface area contributed by atoms with Crippen molar-refractivity contribution in [3.8, 4) is 0 Å². The number of fused-ring (bicyclic) bond motifs is 1. The normalized spacial score (nSPS) is 20.3. The van der Waals surface area contributed by atoms with Crippen molar-refractivity contribution >= 4 is 27.1 Å². The predicted octanol–water partition coefficient (Wildman–Crippen LogP) is 1.72. The lowest BCUT2D eigenvalue weighted by Gasteiger charge is -2.32. The van der Waals surface area contributed by atoms with Crippen molar-refractivity contribution < 1.29 is 13.2 Å². The summed E-state index contributed by atoms with van der Waals surface area (Å²) < 4.78 is 23.1. The number of hydrogen-bond donors (Lipinski definition) is 0. The van der Waals surface area contributed by atoms with Crippen molar-refractivity contribution in [1.29, 1.82) is 0 Å². The molecule has 0 unspecified atom stereocenters. The van der Waals surface area contributed by atoms with E-state index in [0.717, 1.165) is 41.1 Å². The van der Waals surface area contributed by atoms with E-state index in [-0.39, 0.29) is 11.9 Å². The SMILES string of the molecule is Cc1nc2c(s1)[C@H](N(C)C(=O)[C@H](C)S(C)(=O)=O)CCC2. The summed E-state index contributed by atoms with van der Waals surface area (Å²) in [4.78, 5) is 19.5. The highest BCUT2D eigenvalue weighted by molar-refractivity contribution is 7.92. The van der Waals surface area contributed by atoms with Gasteiger partial charge in [-0.05, 0) is 33.1 Å². The number of hydrogen-bond acceptors (Lipinski definition) is 5. The molecular formula is C13H20N2O3S2. The molecule has 20 heavy (non-hydrogen) atoms. The van der Waals surface area contributed by atoms with E-state index in [4.69, 9.17) is 0 Å². The van der Waals surface area contributed by atoms with Gasteiger partial charge < -0.3 is 4.90 Å². The Morgan fingerprint density at radius 3 is 2.75 bits per heavy atom. The number of nitrogens with zero attached hydrogens (tertiary/aromatic N) is 2. The van der Waals surface area contributed by atoms with Gasteiger partial charge in [0, 0.05) is 13.3 Å². The molecule has 0 aliphatic heterocycles. The Morgan fingerprint density at radius 1 is 1.50 bits per heavy atom. The molecule has 0 bridgehead atoms. The predicted molar refractivity (Wildman–Crippen MR) is 79.6 cm³/mol. The largest absolute Gasteiger partial charge is 0.337 e. The molecule has 0 radical (unpaired) electrons. The lowest BCUT2D eigenvalue weighted by molar-refractivity contribution is -0.131. The van der Waals surface area contributed by atoms with Gasteiger partial charge in [-0.2, -0.15) is 0 Å². The summed E-state index contributed by atoms with van der Waals surface area (Å²) in [6, 6.07) is -0.0401. The van der Waals surface area contributed by atoms with Gasteiger partial charge in [0.25, 0.3) is 0 Å². The molecule has 112 valence electrons. The van der Waals surface area contributed by atoms with Crippen LogP contribution in [0.2, 0.25) is 0 Å². The highest BCUT2D eigenvalue weighted by Crippen LogP contribution is 2.37. The second-order valence-electron chi connectivity index (χ2n) is 5.37. The Balaban J connectivity index is 2.26. The van der Waals surface area contributed by atoms with Gasteiger partial charge in [-0.3, -0.25) is 4.79 Å². The lowest BCUT2D eigenvalue weighted by atomic mass is 9.97. The Labute approximate surface area is 123 Å². The van der Waals surface area contributed by atoms with Gasteiger partial charge in [0.2, 0.25) is 5.91 Å². The number of carbonyl (C=O) groups is 1. The fraction of sp³-hybridized carbons (Fsp3) is 0.692. The Hall–Kier alpha value is -0.950. The average Bonchev–Trinajstić information content (AvgIpc) is 2.74. The summed E-state index contributed by atoms with van der Waals surface area (Å²) in [5, 5.41) is 0.00538.